The Hall–Kier alpha value is -1.44. The molecule has 7 heteroatoms. The molecule has 6 nitrogen and oxygen atoms in total. The van der Waals surface area contributed by atoms with Crippen LogP contribution in [0.5, 0.6) is 0 Å². The van der Waals surface area contributed by atoms with Crippen molar-refractivity contribution >= 4 is 21.6 Å². The Kier molecular flexibility index (Phi) is 5.20. The highest BCUT2D eigenvalue weighted by Crippen LogP contribution is 2.23. The number of hydrogen-bond donors (Lipinski definition) is 2. The van der Waals surface area contributed by atoms with E-state index >= 15 is 0 Å². The number of aryl methyl sites for hydroxylation is 1. The normalized spacial score (nSPS) is 19.2. The van der Waals surface area contributed by atoms with Gasteiger partial charge in [0.25, 0.3) is 0 Å². The molecule has 0 aromatic heterocycles. The number of sulfonamides is 1. The topological polar surface area (TPSA) is 78.5 Å². The number of piperidine rings is 1. The number of benzene rings is 1. The highest BCUT2D eigenvalue weighted by atomic mass is 32.2. The van der Waals surface area contributed by atoms with Gasteiger partial charge in [0.15, 0.2) is 0 Å². The Morgan fingerprint density at radius 1 is 1.36 bits per heavy atom. The van der Waals surface area contributed by atoms with E-state index in [0.29, 0.717) is 17.8 Å². The van der Waals surface area contributed by atoms with Gasteiger partial charge in [-0.25, -0.2) is 12.7 Å². The fourth-order valence-electron chi connectivity index (χ4n) is 2.47. The van der Waals surface area contributed by atoms with Crippen molar-refractivity contribution < 1.29 is 13.2 Å². The van der Waals surface area contributed by atoms with Crippen LogP contribution in [0.25, 0.3) is 0 Å². The van der Waals surface area contributed by atoms with E-state index in [1.165, 1.54) is 24.5 Å². The molecule has 0 saturated carbocycles. The second kappa shape index (κ2) is 6.76. The maximum atomic E-state index is 12.3. The molecule has 2 N–H and O–H groups in total. The molecule has 0 aliphatic carbocycles. The van der Waals surface area contributed by atoms with Gasteiger partial charge in [0.2, 0.25) is 15.9 Å². The monoisotopic (exact) mass is 325 g/mol. The van der Waals surface area contributed by atoms with E-state index in [2.05, 4.69) is 10.6 Å². The van der Waals surface area contributed by atoms with Crippen LogP contribution in [0.1, 0.15) is 18.4 Å². The highest BCUT2D eigenvalue weighted by Gasteiger charge is 2.23. The smallest absolute Gasteiger partial charge is 0.242 e. The van der Waals surface area contributed by atoms with E-state index in [0.717, 1.165) is 19.4 Å². The molecule has 1 unspecified atom stereocenters. The second-order valence-corrected chi connectivity index (χ2v) is 7.92. The Morgan fingerprint density at radius 3 is 2.68 bits per heavy atom. The molecular weight excluding hydrogens is 302 g/mol. The molecule has 1 aromatic carbocycles. The lowest BCUT2D eigenvalue weighted by atomic mass is 9.99. The summed E-state index contributed by atoms with van der Waals surface area (Å²) in [5.41, 5.74) is 1.17. The van der Waals surface area contributed by atoms with Gasteiger partial charge in [-0.1, -0.05) is 6.07 Å². The van der Waals surface area contributed by atoms with Crippen LogP contribution in [-0.4, -0.2) is 45.8 Å². The molecule has 0 radical (unpaired) electrons. The molecule has 0 spiro atoms. The van der Waals surface area contributed by atoms with E-state index in [-0.39, 0.29) is 16.7 Å². The standard InChI is InChI=1S/C15H23N3O3S/c1-11-6-7-13(9-14(11)22(20,21)18(2)3)17-15(19)12-5-4-8-16-10-12/h6-7,9,12,16H,4-5,8,10H2,1-3H3,(H,17,19). The summed E-state index contributed by atoms with van der Waals surface area (Å²) in [5, 5.41) is 6.03. The summed E-state index contributed by atoms with van der Waals surface area (Å²) in [6, 6.07) is 4.97. The van der Waals surface area contributed by atoms with Crippen molar-refractivity contribution in [2.45, 2.75) is 24.7 Å². The van der Waals surface area contributed by atoms with Gasteiger partial charge >= 0.3 is 0 Å². The fraction of sp³-hybridized carbons (Fsp3) is 0.533. The number of hydrogen-bond acceptors (Lipinski definition) is 4. The van der Waals surface area contributed by atoms with Gasteiger partial charge in [-0.2, -0.15) is 0 Å². The molecule has 1 heterocycles. The number of rotatable bonds is 4. The van der Waals surface area contributed by atoms with Crippen LogP contribution in [0.15, 0.2) is 23.1 Å². The van der Waals surface area contributed by atoms with Gasteiger partial charge in [0.05, 0.1) is 10.8 Å². The highest BCUT2D eigenvalue weighted by molar-refractivity contribution is 7.89. The average Bonchev–Trinajstić information content (AvgIpc) is 2.49. The Morgan fingerprint density at radius 2 is 2.09 bits per heavy atom. The number of amides is 1. The first-order chi connectivity index (χ1) is 10.3. The van der Waals surface area contributed by atoms with Gasteiger partial charge in [0, 0.05) is 26.3 Å². The molecule has 122 valence electrons. The van der Waals surface area contributed by atoms with Crippen molar-refractivity contribution in [2.75, 3.05) is 32.5 Å². The summed E-state index contributed by atoms with van der Waals surface area (Å²) in [6.45, 7) is 3.35. The quantitative estimate of drug-likeness (QED) is 0.871. The lowest BCUT2D eigenvalue weighted by molar-refractivity contribution is -0.120. The molecule has 1 saturated heterocycles. The molecule has 2 rings (SSSR count). The van der Waals surface area contributed by atoms with Gasteiger partial charge < -0.3 is 10.6 Å². The van der Waals surface area contributed by atoms with E-state index in [1.54, 1.807) is 19.1 Å². The van der Waals surface area contributed by atoms with Crippen LogP contribution in [0, 0.1) is 12.8 Å². The lowest BCUT2D eigenvalue weighted by Crippen LogP contribution is -2.37. The van der Waals surface area contributed by atoms with Crippen molar-refractivity contribution in [2.24, 2.45) is 5.92 Å². The summed E-state index contributed by atoms with van der Waals surface area (Å²) in [5.74, 6) is -0.131. The molecule has 1 aliphatic heterocycles. The summed E-state index contributed by atoms with van der Waals surface area (Å²) in [4.78, 5) is 12.5. The predicted octanol–water partition coefficient (Wildman–Crippen LogP) is 1.18. The molecule has 1 fully saturated rings. The fourth-order valence-corrected chi connectivity index (χ4v) is 3.62. The minimum atomic E-state index is -3.52. The third-order valence-corrected chi connectivity index (χ3v) is 5.84. The van der Waals surface area contributed by atoms with E-state index in [4.69, 9.17) is 0 Å². The minimum absolute atomic E-state index is 0.0655. The number of carbonyl (C=O) groups excluding carboxylic acids is 1. The zero-order chi connectivity index (χ0) is 16.3. The summed E-state index contributed by atoms with van der Waals surface area (Å²) in [6.07, 6.45) is 1.83. The van der Waals surface area contributed by atoms with Crippen LogP contribution in [0.4, 0.5) is 5.69 Å². The molecule has 0 bridgehead atoms. The first kappa shape index (κ1) is 16.9. The largest absolute Gasteiger partial charge is 0.326 e. The third-order valence-electron chi connectivity index (χ3n) is 3.88. The summed E-state index contributed by atoms with van der Waals surface area (Å²) in [7, 11) is -0.533. The summed E-state index contributed by atoms with van der Waals surface area (Å²) >= 11 is 0. The number of carbonyl (C=O) groups is 1. The second-order valence-electron chi connectivity index (χ2n) is 5.80. The molecule has 1 aliphatic rings. The summed E-state index contributed by atoms with van der Waals surface area (Å²) < 4.78 is 25.8. The van der Waals surface area contributed by atoms with Crippen molar-refractivity contribution in [3.05, 3.63) is 23.8 Å². The first-order valence-electron chi connectivity index (χ1n) is 7.37. The molecule has 1 aromatic rings. The predicted molar refractivity (Wildman–Crippen MR) is 86.3 cm³/mol. The maximum Gasteiger partial charge on any atom is 0.242 e. The van der Waals surface area contributed by atoms with Crippen molar-refractivity contribution in [3.8, 4) is 0 Å². The van der Waals surface area contributed by atoms with Gasteiger partial charge in [-0.15, -0.1) is 0 Å². The zero-order valence-corrected chi connectivity index (χ0v) is 14.0. The zero-order valence-electron chi connectivity index (χ0n) is 13.2. The van der Waals surface area contributed by atoms with E-state index in [9.17, 15) is 13.2 Å². The van der Waals surface area contributed by atoms with E-state index in [1.807, 2.05) is 0 Å². The molecule has 1 atom stereocenters. The van der Waals surface area contributed by atoms with Crippen LogP contribution in [0.2, 0.25) is 0 Å². The van der Waals surface area contributed by atoms with Gasteiger partial charge in [-0.05, 0) is 44.0 Å². The minimum Gasteiger partial charge on any atom is -0.326 e. The molecule has 1 amide bonds. The number of nitrogens with zero attached hydrogens (tertiary/aromatic N) is 1. The Balaban J connectivity index is 2.21. The van der Waals surface area contributed by atoms with Crippen LogP contribution < -0.4 is 10.6 Å². The lowest BCUT2D eigenvalue weighted by Gasteiger charge is -2.22. The molecular formula is C15H23N3O3S. The average molecular weight is 325 g/mol. The van der Waals surface area contributed by atoms with Crippen LogP contribution >= 0.6 is 0 Å². The van der Waals surface area contributed by atoms with Gasteiger partial charge in [0.1, 0.15) is 0 Å². The first-order valence-corrected chi connectivity index (χ1v) is 8.81. The SMILES string of the molecule is Cc1ccc(NC(=O)C2CCCNC2)cc1S(=O)(=O)N(C)C. The molecule has 22 heavy (non-hydrogen) atoms. The van der Waals surface area contributed by atoms with Crippen molar-refractivity contribution in [1.29, 1.82) is 0 Å². The van der Waals surface area contributed by atoms with Crippen molar-refractivity contribution in [3.63, 3.8) is 0 Å². The van der Waals surface area contributed by atoms with Crippen LogP contribution in [-0.2, 0) is 14.8 Å². The Bertz CT molecular complexity index is 650. The van der Waals surface area contributed by atoms with Gasteiger partial charge in [-0.3, -0.25) is 4.79 Å². The number of nitrogens with one attached hydrogen (secondary N) is 2. The van der Waals surface area contributed by atoms with E-state index < -0.39 is 10.0 Å². The Labute approximate surface area is 131 Å². The maximum absolute atomic E-state index is 12.3. The number of anilines is 1. The van der Waals surface area contributed by atoms with Crippen LogP contribution in [0.3, 0.4) is 0 Å². The third kappa shape index (κ3) is 3.66. The van der Waals surface area contributed by atoms with Crippen molar-refractivity contribution in [1.82, 2.24) is 9.62 Å².